The molecule has 606 valence electrons. The summed E-state index contributed by atoms with van der Waals surface area (Å²) in [5.41, 5.74) is 4.60. The summed E-state index contributed by atoms with van der Waals surface area (Å²) in [7, 11) is 4.26. The number of likely N-dealkylation sites (N-methyl/N-ethyl adjacent to an activating group) is 2. The van der Waals surface area contributed by atoms with Gasteiger partial charge in [0.15, 0.2) is 12.6 Å². The number of hydrogen-bond donors (Lipinski definition) is 0. The molecule has 4 aromatic heterocycles. The van der Waals surface area contributed by atoms with Gasteiger partial charge < -0.3 is 48.0 Å². The van der Waals surface area contributed by atoms with Crippen molar-refractivity contribution >= 4 is 11.4 Å². The van der Waals surface area contributed by atoms with Crippen LogP contribution in [0, 0.1) is 65.2 Å². The molecule has 6 aromatic carbocycles. The molecule has 0 bridgehead atoms. The Hall–Kier alpha value is -9.84. The van der Waals surface area contributed by atoms with Gasteiger partial charge >= 0.3 is 11.4 Å². The zero-order chi connectivity index (χ0) is 81.0. The largest absolute Gasteiger partial charge is 0.488 e. The first kappa shape index (κ1) is 84.1. The number of nitrogens with zero attached hydrogens (tertiary/aromatic N) is 16. The highest BCUT2D eigenvalue weighted by Gasteiger charge is 2.48. The van der Waals surface area contributed by atoms with E-state index in [1.54, 1.807) is 31.2 Å². The first-order chi connectivity index (χ1) is 53.8. The lowest BCUT2D eigenvalue weighted by Gasteiger charge is -2.40. The molecule has 0 radical (unpaired) electrons. The molecule has 4 aliphatic heterocycles. The number of anilines is 2. The van der Waals surface area contributed by atoms with E-state index in [0.717, 1.165) is 93.7 Å². The molecule has 10 aromatic rings. The van der Waals surface area contributed by atoms with Crippen molar-refractivity contribution in [2.45, 2.75) is 146 Å². The molecule has 0 saturated carbocycles. The summed E-state index contributed by atoms with van der Waals surface area (Å²) >= 11 is 0. The van der Waals surface area contributed by atoms with Crippen LogP contribution in [0.5, 0.6) is 11.5 Å². The van der Waals surface area contributed by atoms with Crippen LogP contribution in [0.2, 0.25) is 0 Å². The maximum atomic E-state index is 14.7. The smallest absolute Gasteiger partial charge is 0.350 e. The third-order valence-electron chi connectivity index (χ3n) is 21.7. The fourth-order valence-electron chi connectivity index (χ4n) is 14.8. The molecule has 0 spiro atoms. The van der Waals surface area contributed by atoms with Gasteiger partial charge in [0.2, 0.25) is 0 Å². The van der Waals surface area contributed by atoms with Crippen LogP contribution in [0.4, 0.5) is 28.9 Å². The maximum Gasteiger partial charge on any atom is 0.350 e. The zero-order valence-electron chi connectivity index (χ0n) is 67.8. The normalized spacial score (nSPS) is 19.6. The van der Waals surface area contributed by atoms with Crippen molar-refractivity contribution in [3.8, 4) is 22.9 Å². The highest BCUT2D eigenvalue weighted by Crippen LogP contribution is 2.42. The molecular weight excluding hydrogens is 1450 g/mol. The number of piperazine rings is 2. The minimum absolute atomic E-state index is 0.0613. The van der Waals surface area contributed by atoms with E-state index < -0.39 is 47.1 Å². The zero-order valence-corrected chi connectivity index (χ0v) is 67.8. The monoisotopic (exact) mass is 1560 g/mol. The Balaban J connectivity index is 0.000000152. The predicted octanol–water partition coefficient (Wildman–Crippen LogP) is 13.3. The van der Waals surface area contributed by atoms with Crippen molar-refractivity contribution in [2.24, 2.45) is 28.1 Å². The summed E-state index contributed by atoms with van der Waals surface area (Å²) in [5, 5.41) is 16.9. The lowest BCUT2D eigenvalue weighted by Crippen LogP contribution is -2.44. The van der Waals surface area contributed by atoms with Crippen LogP contribution >= 0.6 is 0 Å². The Morgan fingerprint density at radius 2 is 0.894 bits per heavy atom. The first-order valence-corrected chi connectivity index (χ1v) is 38.7. The second-order valence-corrected chi connectivity index (χ2v) is 33.1. The summed E-state index contributed by atoms with van der Waals surface area (Å²) in [5.74, 6) is -0.647. The highest BCUT2D eigenvalue weighted by molar-refractivity contribution is 5.51. The van der Waals surface area contributed by atoms with Gasteiger partial charge in [-0.2, -0.15) is 20.4 Å². The molecule has 4 aliphatic rings. The van der Waals surface area contributed by atoms with Crippen LogP contribution in [0.15, 0.2) is 181 Å². The maximum absolute atomic E-state index is 14.7. The Kier molecular flexibility index (Phi) is 27.2. The lowest BCUT2D eigenvalue weighted by atomic mass is 9.66. The molecule has 6 atom stereocenters. The second kappa shape index (κ2) is 36.5. The Morgan fingerprint density at radius 1 is 0.496 bits per heavy atom. The number of benzene rings is 6. The molecule has 0 aliphatic carbocycles. The van der Waals surface area contributed by atoms with E-state index in [-0.39, 0.29) is 84.3 Å². The van der Waals surface area contributed by atoms with E-state index in [0.29, 0.717) is 29.9 Å². The minimum Gasteiger partial charge on any atom is -0.488 e. The first-order valence-electron chi connectivity index (χ1n) is 38.7. The van der Waals surface area contributed by atoms with Gasteiger partial charge in [0.1, 0.15) is 97.1 Å². The number of rotatable bonds is 21. The molecule has 0 amide bonds. The average molecular weight is 1560 g/mol. The molecule has 24 nitrogen and oxygen atoms in total. The van der Waals surface area contributed by atoms with Crippen LogP contribution < -0.4 is 30.7 Å². The lowest BCUT2D eigenvalue weighted by molar-refractivity contribution is -0.117. The number of hydrogen-bond acceptors (Lipinski definition) is 18. The van der Waals surface area contributed by atoms with E-state index in [1.807, 2.05) is 111 Å². The minimum atomic E-state index is -1.19. The van der Waals surface area contributed by atoms with Crippen LogP contribution in [-0.2, 0) is 49.8 Å². The van der Waals surface area contributed by atoms with Gasteiger partial charge in [0.05, 0.1) is 50.3 Å². The van der Waals surface area contributed by atoms with Gasteiger partial charge in [0, 0.05) is 87.0 Å². The van der Waals surface area contributed by atoms with E-state index in [2.05, 4.69) is 140 Å². The van der Waals surface area contributed by atoms with Gasteiger partial charge in [0.25, 0.3) is 0 Å². The van der Waals surface area contributed by atoms with Crippen molar-refractivity contribution in [1.82, 2.24) is 68.0 Å². The Bertz CT molecular complexity index is 4570. The number of aromatic nitrogens is 12. The number of ether oxygens (including phenoxy) is 6. The summed E-state index contributed by atoms with van der Waals surface area (Å²) < 4.78 is 102. The molecule has 4 saturated heterocycles. The predicted molar refractivity (Wildman–Crippen MR) is 427 cm³/mol. The van der Waals surface area contributed by atoms with Gasteiger partial charge in [-0.05, 0) is 147 Å². The average Bonchev–Trinajstić information content (AvgIpc) is 1.66. The molecule has 28 heteroatoms. The van der Waals surface area contributed by atoms with Crippen LogP contribution in [-0.4, -0.2) is 173 Å². The SMILES string of the molecule is CC[C@@H]([C@H](C)C(C)(C)C)n1ncn(-c2ccc(C)cc2)c1=O.CN1CCN(c2ccc(OC[C@H]3OCC(Cn4cncn4)(c4ccc(F)cc4F)O3)cc2)CC1.CN1CCN(c2ccc(OC[C@H]3OCC(Cn4cncn4)(c4ccc(F)cc4F)O3)cc2)CC1.Cc1ccc(-n2cnn(CC(C(C)(C)C)C(C)(C)C)c2=O)cc1. The van der Waals surface area contributed by atoms with Gasteiger partial charge in [-0.25, -0.2) is 65.0 Å². The van der Waals surface area contributed by atoms with E-state index in [4.69, 9.17) is 28.4 Å². The third kappa shape index (κ3) is 21.5. The van der Waals surface area contributed by atoms with Gasteiger partial charge in [-0.1, -0.05) is 124 Å². The van der Waals surface area contributed by atoms with E-state index in [9.17, 15) is 27.2 Å². The number of aryl methyl sites for hydroxylation is 2. The van der Waals surface area contributed by atoms with Crippen molar-refractivity contribution in [3.63, 3.8) is 0 Å². The summed E-state index contributed by atoms with van der Waals surface area (Å²) in [6.07, 6.45) is 8.48. The van der Waals surface area contributed by atoms with E-state index in [1.165, 1.54) is 70.1 Å². The summed E-state index contributed by atoms with van der Waals surface area (Å²) in [6.45, 7) is 37.8. The van der Waals surface area contributed by atoms with Gasteiger partial charge in [-0.15, -0.1) is 0 Å². The van der Waals surface area contributed by atoms with Crippen molar-refractivity contribution in [2.75, 3.05) is 103 Å². The molecule has 4 fully saturated rings. The molecular formula is C85H110F4N16O8. The van der Waals surface area contributed by atoms with Crippen molar-refractivity contribution in [1.29, 1.82) is 0 Å². The fraction of sp³-hybridized carbons (Fsp3) is 0.482. The molecule has 0 N–H and O–H groups in total. The Morgan fingerprint density at radius 3 is 1.27 bits per heavy atom. The third-order valence-corrected chi connectivity index (χ3v) is 21.7. The highest BCUT2D eigenvalue weighted by atomic mass is 19.1. The Labute approximate surface area is 659 Å². The fourth-order valence-corrected chi connectivity index (χ4v) is 14.8. The molecule has 2 unspecified atom stereocenters. The van der Waals surface area contributed by atoms with Crippen LogP contribution in [0.1, 0.15) is 111 Å². The van der Waals surface area contributed by atoms with E-state index >= 15 is 0 Å². The topological polar surface area (TPSA) is 209 Å². The quantitative estimate of drug-likeness (QED) is 0.0612. The number of halogens is 4. The van der Waals surface area contributed by atoms with Crippen LogP contribution in [0.25, 0.3) is 11.4 Å². The second-order valence-electron chi connectivity index (χ2n) is 33.1. The summed E-state index contributed by atoms with van der Waals surface area (Å²) in [6, 6.07) is 38.7. The van der Waals surface area contributed by atoms with Gasteiger partial charge in [-0.3, -0.25) is 0 Å². The molecule has 8 heterocycles. The molecule has 14 rings (SSSR count). The molecule has 113 heavy (non-hydrogen) atoms. The standard InChI is InChI=1S/2C24H27F2N5O3.C19H29N3O.C18H27N3O/c2*1-29-8-10-30(11-9-29)19-3-5-20(6-4-19)32-13-23-33-15-24(34-23,14-31-17-27-16-28-31)21-7-2-18(25)12-22(21)26;1-14-8-10-15(11-9-14)21-13-20-22(17(21)23)12-16(18(2,3)4)19(5,6)7;1-7-16(14(3)18(4,5)6)21-17(22)20(12-19-21)15-10-8-13(2)9-11-15/h2*2-7,12,16-17,23H,8-11,13-15H2,1H3;8-11,13,16H,12H2,1-7H3;8-12,14,16H,7H2,1-6H3/t2*23-,24?;;14-,16-/m00.0/s1. The summed E-state index contributed by atoms with van der Waals surface area (Å²) in [4.78, 5) is 42.7. The van der Waals surface area contributed by atoms with Crippen LogP contribution in [0.3, 0.4) is 0 Å². The van der Waals surface area contributed by atoms with Crippen molar-refractivity contribution in [3.05, 3.63) is 238 Å². The van der Waals surface area contributed by atoms with Crippen molar-refractivity contribution < 1.29 is 46.0 Å².